The first kappa shape index (κ1) is 11.6. The molecule has 2 N–H and O–H groups in total. The van der Waals surface area contributed by atoms with Crippen molar-refractivity contribution in [3.05, 3.63) is 18.0 Å². The van der Waals surface area contributed by atoms with Gasteiger partial charge in [-0.2, -0.15) is 11.8 Å². The lowest BCUT2D eigenvalue weighted by atomic mass is 10.3. The average molecular weight is 230 g/mol. The van der Waals surface area contributed by atoms with E-state index in [1.807, 2.05) is 0 Å². The van der Waals surface area contributed by atoms with E-state index in [4.69, 9.17) is 9.63 Å². The van der Waals surface area contributed by atoms with Crippen molar-refractivity contribution in [3.8, 4) is 0 Å². The second kappa shape index (κ2) is 6.07. The van der Waals surface area contributed by atoms with Crippen molar-refractivity contribution in [2.75, 3.05) is 5.75 Å². The van der Waals surface area contributed by atoms with Crippen molar-refractivity contribution >= 4 is 24.1 Å². The van der Waals surface area contributed by atoms with Crippen LogP contribution in [0.5, 0.6) is 0 Å². The van der Waals surface area contributed by atoms with E-state index in [2.05, 4.69) is 10.5 Å². The van der Waals surface area contributed by atoms with E-state index in [-0.39, 0.29) is 5.75 Å². The van der Waals surface area contributed by atoms with Crippen LogP contribution in [0.25, 0.3) is 0 Å². The Morgan fingerprint density at radius 3 is 3.13 bits per heavy atom. The van der Waals surface area contributed by atoms with E-state index in [9.17, 15) is 9.59 Å². The molecule has 1 unspecified atom stereocenters. The second-order valence-corrected chi connectivity index (χ2v) is 3.70. The van der Waals surface area contributed by atoms with E-state index in [1.54, 1.807) is 6.07 Å². The summed E-state index contributed by atoms with van der Waals surface area (Å²) in [5.74, 6) is 0.446. The maximum atomic E-state index is 10.6. The number of aliphatic carboxylic acids is 1. The van der Waals surface area contributed by atoms with Crippen LogP contribution in [0.4, 0.5) is 0 Å². The summed E-state index contributed by atoms with van der Waals surface area (Å²) in [4.78, 5) is 20.7. The first-order chi connectivity index (χ1) is 7.24. The molecule has 0 bridgehead atoms. The third-order valence-electron chi connectivity index (χ3n) is 1.59. The van der Waals surface area contributed by atoms with Crippen molar-refractivity contribution in [1.29, 1.82) is 0 Å². The van der Waals surface area contributed by atoms with Crippen LogP contribution in [0, 0.1) is 0 Å². The van der Waals surface area contributed by atoms with E-state index in [0.717, 1.165) is 0 Å². The van der Waals surface area contributed by atoms with Gasteiger partial charge >= 0.3 is 5.97 Å². The fourth-order valence-corrected chi connectivity index (χ4v) is 1.81. The number of carboxylic acids is 1. The molecule has 0 fully saturated rings. The Morgan fingerprint density at radius 1 is 1.80 bits per heavy atom. The van der Waals surface area contributed by atoms with Gasteiger partial charge in [0.15, 0.2) is 0 Å². The molecule has 0 aliphatic carbocycles. The molecular weight excluding hydrogens is 220 g/mol. The molecule has 82 valence electrons. The summed E-state index contributed by atoms with van der Waals surface area (Å²) < 4.78 is 4.83. The second-order valence-electron chi connectivity index (χ2n) is 2.67. The van der Waals surface area contributed by atoms with Crippen LogP contribution < -0.4 is 5.32 Å². The molecule has 1 aromatic rings. The standard InChI is InChI=1S/C8H10N2O4S/c11-5-9-7(8(12)13)4-15-3-6-1-2-10-14-6/h1-2,5,7H,3-4H2,(H,9,11)(H,12,13). The molecule has 1 atom stereocenters. The van der Waals surface area contributed by atoms with Gasteiger partial charge in [-0.3, -0.25) is 4.79 Å². The summed E-state index contributed by atoms with van der Waals surface area (Å²) in [5, 5.41) is 14.4. The zero-order valence-corrected chi connectivity index (χ0v) is 8.57. The maximum absolute atomic E-state index is 10.6. The lowest BCUT2D eigenvalue weighted by Crippen LogP contribution is -2.37. The van der Waals surface area contributed by atoms with Crippen LogP contribution in [0.1, 0.15) is 5.76 Å². The van der Waals surface area contributed by atoms with Crippen LogP contribution in [-0.2, 0) is 15.3 Å². The zero-order valence-electron chi connectivity index (χ0n) is 7.75. The van der Waals surface area contributed by atoms with Gasteiger partial charge in [0.05, 0.1) is 11.9 Å². The van der Waals surface area contributed by atoms with Crippen molar-refractivity contribution < 1.29 is 19.2 Å². The smallest absolute Gasteiger partial charge is 0.327 e. The fraction of sp³-hybridized carbons (Fsp3) is 0.375. The SMILES string of the molecule is O=CNC(CSCc1ccno1)C(=O)O. The van der Waals surface area contributed by atoms with Gasteiger partial charge in [0.1, 0.15) is 11.8 Å². The molecule has 1 rings (SSSR count). The van der Waals surface area contributed by atoms with Gasteiger partial charge < -0.3 is 14.9 Å². The number of aromatic nitrogens is 1. The largest absolute Gasteiger partial charge is 0.480 e. The Labute approximate surface area is 90.0 Å². The molecule has 0 saturated carbocycles. The molecule has 7 heteroatoms. The summed E-state index contributed by atoms with van der Waals surface area (Å²) in [6, 6.07) is 0.839. The van der Waals surface area contributed by atoms with E-state index < -0.39 is 12.0 Å². The minimum absolute atomic E-state index is 0.286. The highest BCUT2D eigenvalue weighted by Gasteiger charge is 2.15. The maximum Gasteiger partial charge on any atom is 0.327 e. The van der Waals surface area contributed by atoms with Gasteiger partial charge in [-0.05, 0) is 0 Å². The summed E-state index contributed by atoms with van der Waals surface area (Å²) in [6.07, 6.45) is 1.90. The number of thioether (sulfide) groups is 1. The molecule has 0 aliphatic rings. The monoisotopic (exact) mass is 230 g/mol. The van der Waals surface area contributed by atoms with Crippen LogP contribution in [-0.4, -0.2) is 34.4 Å². The van der Waals surface area contributed by atoms with Crippen LogP contribution in [0.15, 0.2) is 16.8 Å². The molecule has 6 nitrogen and oxygen atoms in total. The van der Waals surface area contributed by atoms with Gasteiger partial charge in [0.2, 0.25) is 6.41 Å². The zero-order chi connectivity index (χ0) is 11.1. The summed E-state index contributed by atoms with van der Waals surface area (Å²) >= 11 is 1.35. The Balaban J connectivity index is 2.28. The Kier molecular flexibility index (Phi) is 4.69. The lowest BCUT2D eigenvalue weighted by Gasteiger charge is -2.09. The molecule has 0 spiro atoms. The van der Waals surface area contributed by atoms with Crippen molar-refractivity contribution in [3.63, 3.8) is 0 Å². The molecule has 1 aromatic heterocycles. The third kappa shape index (κ3) is 4.03. The predicted molar refractivity (Wildman–Crippen MR) is 53.3 cm³/mol. The highest BCUT2D eigenvalue weighted by molar-refractivity contribution is 7.98. The molecule has 1 heterocycles. The number of nitrogens with one attached hydrogen (secondary N) is 1. The molecule has 0 radical (unpaired) electrons. The predicted octanol–water partition coefficient (Wildman–Crippen LogP) is 0.107. The molecule has 0 aliphatic heterocycles. The number of carboxylic acid groups (broad SMARTS) is 1. The summed E-state index contributed by atoms with van der Waals surface area (Å²) in [5.41, 5.74) is 0. The normalized spacial score (nSPS) is 12.0. The molecule has 0 saturated heterocycles. The molecule has 15 heavy (non-hydrogen) atoms. The Bertz CT molecular complexity index is 314. The van der Waals surface area contributed by atoms with E-state index in [0.29, 0.717) is 17.9 Å². The quantitative estimate of drug-likeness (QED) is 0.646. The van der Waals surface area contributed by atoms with Gasteiger partial charge in [-0.1, -0.05) is 5.16 Å². The first-order valence-corrected chi connectivity index (χ1v) is 5.29. The van der Waals surface area contributed by atoms with Gasteiger partial charge in [0, 0.05) is 11.8 Å². The van der Waals surface area contributed by atoms with Gasteiger partial charge in [-0.15, -0.1) is 0 Å². The fourth-order valence-electron chi connectivity index (χ4n) is 0.867. The van der Waals surface area contributed by atoms with Crippen LogP contribution >= 0.6 is 11.8 Å². The summed E-state index contributed by atoms with van der Waals surface area (Å²) in [6.45, 7) is 0. The molecular formula is C8H10N2O4S. The molecule has 1 amide bonds. The number of hydrogen-bond donors (Lipinski definition) is 2. The van der Waals surface area contributed by atoms with Crippen molar-refractivity contribution in [2.24, 2.45) is 0 Å². The topological polar surface area (TPSA) is 92.4 Å². The average Bonchev–Trinajstić information content (AvgIpc) is 2.69. The number of carbonyl (C=O) groups is 2. The lowest BCUT2D eigenvalue weighted by molar-refractivity contribution is -0.139. The van der Waals surface area contributed by atoms with Crippen molar-refractivity contribution in [1.82, 2.24) is 10.5 Å². The van der Waals surface area contributed by atoms with Crippen LogP contribution in [0.2, 0.25) is 0 Å². The van der Waals surface area contributed by atoms with E-state index >= 15 is 0 Å². The van der Waals surface area contributed by atoms with Gasteiger partial charge in [-0.25, -0.2) is 4.79 Å². The minimum atomic E-state index is -1.05. The third-order valence-corrected chi connectivity index (χ3v) is 2.65. The van der Waals surface area contributed by atoms with Gasteiger partial charge in [0.25, 0.3) is 0 Å². The highest BCUT2D eigenvalue weighted by Crippen LogP contribution is 2.12. The minimum Gasteiger partial charge on any atom is -0.480 e. The first-order valence-electron chi connectivity index (χ1n) is 4.14. The number of nitrogens with zero attached hydrogens (tertiary/aromatic N) is 1. The van der Waals surface area contributed by atoms with E-state index in [1.165, 1.54) is 18.0 Å². The number of carbonyl (C=O) groups excluding carboxylic acids is 1. The number of amides is 1. The Hall–Kier alpha value is -1.50. The Morgan fingerprint density at radius 2 is 2.60 bits per heavy atom. The van der Waals surface area contributed by atoms with Crippen molar-refractivity contribution in [2.45, 2.75) is 11.8 Å². The van der Waals surface area contributed by atoms with Crippen LogP contribution in [0.3, 0.4) is 0 Å². The number of rotatable bonds is 7. The number of hydrogen-bond acceptors (Lipinski definition) is 5. The summed E-state index contributed by atoms with van der Waals surface area (Å²) in [7, 11) is 0. The molecule has 0 aromatic carbocycles. The highest BCUT2D eigenvalue weighted by atomic mass is 32.2.